The predicted molar refractivity (Wildman–Crippen MR) is 107 cm³/mol. The average molecular weight is 368 g/mol. The first-order valence-corrected chi connectivity index (χ1v) is 9.59. The van der Waals surface area contributed by atoms with Crippen molar-refractivity contribution >= 4 is 17.5 Å². The summed E-state index contributed by atoms with van der Waals surface area (Å²) in [5.74, 6) is 2.79. The number of hydrogen-bond acceptors (Lipinski definition) is 6. The molecule has 0 atom stereocenters. The van der Waals surface area contributed by atoms with Crippen molar-refractivity contribution in [3.8, 4) is 0 Å². The number of hydrogen-bond donors (Lipinski definition) is 1. The Hall–Kier alpha value is -2.70. The zero-order valence-electron chi connectivity index (χ0n) is 16.4. The fourth-order valence-corrected chi connectivity index (χ4v) is 3.37. The minimum absolute atomic E-state index is 0.139. The minimum atomic E-state index is 0.139. The van der Waals surface area contributed by atoms with Crippen molar-refractivity contribution < 1.29 is 4.79 Å². The molecule has 7 heteroatoms. The summed E-state index contributed by atoms with van der Waals surface area (Å²) in [5, 5.41) is 3.48. The molecule has 0 aliphatic carbocycles. The van der Waals surface area contributed by atoms with Crippen LogP contribution in [0.1, 0.15) is 37.2 Å². The Morgan fingerprint density at radius 2 is 1.96 bits per heavy atom. The molecule has 2 aromatic rings. The molecular weight excluding hydrogens is 340 g/mol. The smallest absolute Gasteiger partial charge is 0.219 e. The maximum absolute atomic E-state index is 11.6. The number of nitrogens with zero attached hydrogens (tertiary/aromatic N) is 5. The van der Waals surface area contributed by atoms with E-state index in [0.29, 0.717) is 6.54 Å². The van der Waals surface area contributed by atoms with Crippen LogP contribution in [-0.4, -0.2) is 51.9 Å². The lowest BCUT2D eigenvalue weighted by Gasteiger charge is -2.35. The zero-order chi connectivity index (χ0) is 19.2. The lowest BCUT2D eigenvalue weighted by Crippen LogP contribution is -2.48. The fraction of sp³-hybridized carbons (Fsp3) is 0.500. The van der Waals surface area contributed by atoms with Crippen LogP contribution < -0.4 is 10.2 Å². The van der Waals surface area contributed by atoms with Crippen LogP contribution in [0, 0.1) is 6.92 Å². The summed E-state index contributed by atoms with van der Waals surface area (Å²) in [6, 6.07) is 4.06. The molecule has 0 unspecified atom stereocenters. The first kappa shape index (κ1) is 19.1. The van der Waals surface area contributed by atoms with Gasteiger partial charge in [0.25, 0.3) is 0 Å². The molecule has 0 radical (unpaired) electrons. The number of aryl methyl sites for hydroxylation is 2. The van der Waals surface area contributed by atoms with Gasteiger partial charge in [-0.15, -0.1) is 0 Å². The monoisotopic (exact) mass is 368 g/mol. The summed E-state index contributed by atoms with van der Waals surface area (Å²) in [6.07, 6.45) is 5.75. The van der Waals surface area contributed by atoms with Gasteiger partial charge in [0, 0.05) is 63.2 Å². The van der Waals surface area contributed by atoms with Gasteiger partial charge in [-0.05, 0) is 19.4 Å². The Balaban J connectivity index is 1.72. The molecule has 3 heterocycles. The largest absolute Gasteiger partial charge is 0.366 e. The van der Waals surface area contributed by atoms with Gasteiger partial charge in [0.05, 0.1) is 0 Å². The van der Waals surface area contributed by atoms with Gasteiger partial charge in [-0.3, -0.25) is 4.79 Å². The lowest BCUT2D eigenvalue weighted by atomic mass is 10.1. The van der Waals surface area contributed by atoms with Crippen LogP contribution in [0.2, 0.25) is 0 Å². The summed E-state index contributed by atoms with van der Waals surface area (Å²) in [6.45, 7) is 9.44. The number of pyridine rings is 1. The molecule has 0 bridgehead atoms. The summed E-state index contributed by atoms with van der Waals surface area (Å²) in [5.41, 5.74) is 2.27. The van der Waals surface area contributed by atoms with E-state index in [2.05, 4.69) is 38.2 Å². The number of aromatic nitrogens is 3. The van der Waals surface area contributed by atoms with Gasteiger partial charge in [-0.1, -0.05) is 19.4 Å². The Bertz CT molecular complexity index is 786. The second-order valence-electron chi connectivity index (χ2n) is 6.87. The molecule has 7 nitrogen and oxygen atoms in total. The maximum Gasteiger partial charge on any atom is 0.219 e. The number of amides is 1. The summed E-state index contributed by atoms with van der Waals surface area (Å²) < 4.78 is 0. The Labute approximate surface area is 160 Å². The molecule has 27 heavy (non-hydrogen) atoms. The Morgan fingerprint density at radius 3 is 2.67 bits per heavy atom. The molecule has 1 aliphatic rings. The molecule has 1 amide bonds. The predicted octanol–water partition coefficient (Wildman–Crippen LogP) is 2.41. The lowest BCUT2D eigenvalue weighted by molar-refractivity contribution is -0.129. The molecule has 1 saturated heterocycles. The van der Waals surface area contributed by atoms with E-state index in [9.17, 15) is 4.79 Å². The molecule has 0 aromatic carbocycles. The summed E-state index contributed by atoms with van der Waals surface area (Å²) in [7, 11) is 0. The van der Waals surface area contributed by atoms with E-state index in [4.69, 9.17) is 0 Å². The van der Waals surface area contributed by atoms with E-state index in [0.717, 1.165) is 67.6 Å². The highest BCUT2D eigenvalue weighted by atomic mass is 16.2. The van der Waals surface area contributed by atoms with Crippen LogP contribution in [0.15, 0.2) is 24.5 Å². The topological polar surface area (TPSA) is 74.2 Å². The van der Waals surface area contributed by atoms with Gasteiger partial charge in [-0.2, -0.15) is 0 Å². The standard InChI is InChI=1S/C20H28N6O/c1-4-6-17-13-22-15(2)24-19(17)23-14-18-7-5-8-21-20(18)26-11-9-25(10-12-26)16(3)27/h5,7-8,13H,4,6,9-12,14H2,1-3H3,(H,22,23,24). The van der Waals surface area contributed by atoms with Crippen molar-refractivity contribution in [3.05, 3.63) is 41.5 Å². The Morgan fingerprint density at radius 1 is 1.19 bits per heavy atom. The maximum atomic E-state index is 11.6. The van der Waals surface area contributed by atoms with Gasteiger partial charge in [0.15, 0.2) is 0 Å². The molecule has 1 N–H and O–H groups in total. The van der Waals surface area contributed by atoms with Crippen LogP contribution in [0.5, 0.6) is 0 Å². The second kappa shape index (κ2) is 8.79. The second-order valence-corrected chi connectivity index (χ2v) is 6.87. The van der Waals surface area contributed by atoms with Crippen LogP contribution in [-0.2, 0) is 17.8 Å². The molecular formula is C20H28N6O. The van der Waals surface area contributed by atoms with Gasteiger partial charge >= 0.3 is 0 Å². The zero-order valence-corrected chi connectivity index (χ0v) is 16.4. The Kier molecular flexibility index (Phi) is 6.21. The number of anilines is 2. The van der Waals surface area contributed by atoms with Crippen LogP contribution in [0.25, 0.3) is 0 Å². The SMILES string of the molecule is CCCc1cnc(C)nc1NCc1cccnc1N1CCN(C(C)=O)CC1. The average Bonchev–Trinajstić information content (AvgIpc) is 2.68. The van der Waals surface area contributed by atoms with Gasteiger partial charge in [0.2, 0.25) is 5.91 Å². The van der Waals surface area contributed by atoms with Crippen LogP contribution >= 0.6 is 0 Å². The quantitative estimate of drug-likeness (QED) is 0.844. The van der Waals surface area contributed by atoms with Crippen molar-refractivity contribution in [1.29, 1.82) is 0 Å². The third-order valence-electron chi connectivity index (χ3n) is 4.84. The van der Waals surface area contributed by atoms with Gasteiger partial charge < -0.3 is 15.1 Å². The first-order valence-electron chi connectivity index (χ1n) is 9.59. The number of rotatable bonds is 6. The van der Waals surface area contributed by atoms with E-state index >= 15 is 0 Å². The van der Waals surface area contributed by atoms with Crippen molar-refractivity contribution in [3.63, 3.8) is 0 Å². The fourth-order valence-electron chi connectivity index (χ4n) is 3.37. The minimum Gasteiger partial charge on any atom is -0.366 e. The summed E-state index contributed by atoms with van der Waals surface area (Å²) in [4.78, 5) is 29.2. The number of piperazine rings is 1. The number of carbonyl (C=O) groups is 1. The van der Waals surface area contributed by atoms with Crippen molar-refractivity contribution in [2.75, 3.05) is 36.4 Å². The van der Waals surface area contributed by atoms with E-state index < -0.39 is 0 Å². The van der Waals surface area contributed by atoms with Crippen molar-refractivity contribution in [2.24, 2.45) is 0 Å². The van der Waals surface area contributed by atoms with Gasteiger partial charge in [-0.25, -0.2) is 15.0 Å². The molecule has 144 valence electrons. The van der Waals surface area contributed by atoms with E-state index in [1.165, 1.54) is 0 Å². The van der Waals surface area contributed by atoms with Crippen LogP contribution in [0.4, 0.5) is 11.6 Å². The normalized spacial score (nSPS) is 14.3. The van der Waals surface area contributed by atoms with Crippen molar-refractivity contribution in [1.82, 2.24) is 19.9 Å². The highest BCUT2D eigenvalue weighted by Crippen LogP contribution is 2.21. The molecule has 1 fully saturated rings. The van der Waals surface area contributed by atoms with E-state index in [-0.39, 0.29) is 5.91 Å². The molecule has 0 saturated carbocycles. The van der Waals surface area contributed by atoms with Gasteiger partial charge in [0.1, 0.15) is 17.5 Å². The van der Waals surface area contributed by atoms with Crippen molar-refractivity contribution in [2.45, 2.75) is 40.2 Å². The third-order valence-corrected chi connectivity index (χ3v) is 4.84. The van der Waals surface area contributed by atoms with E-state index in [1.54, 1.807) is 6.92 Å². The first-order chi connectivity index (χ1) is 13.1. The van der Waals surface area contributed by atoms with E-state index in [1.807, 2.05) is 30.3 Å². The number of nitrogens with one attached hydrogen (secondary N) is 1. The van der Waals surface area contributed by atoms with Crippen LogP contribution in [0.3, 0.4) is 0 Å². The summed E-state index contributed by atoms with van der Waals surface area (Å²) >= 11 is 0. The third kappa shape index (κ3) is 4.72. The molecule has 1 aliphatic heterocycles. The highest BCUT2D eigenvalue weighted by molar-refractivity contribution is 5.73. The number of carbonyl (C=O) groups excluding carboxylic acids is 1. The molecule has 3 rings (SSSR count). The molecule has 0 spiro atoms. The molecule has 2 aromatic heterocycles. The highest BCUT2D eigenvalue weighted by Gasteiger charge is 2.21.